The SMILES string of the molecule is CCCCC/C=C\C/C=C\CCCCCCCCCCC(O)C(=O)NC(COC1OC(CO)C(O)C(O)C1OC(=O)CCCCCCCCCCC/C=C/CCCCCCCC)C(O)/C=C/CCCCCCCCCCCC. The number of aliphatic hydroxyl groups is 5. The van der Waals surface area contributed by atoms with Crippen LogP contribution >= 0.6 is 0 Å². The van der Waals surface area contributed by atoms with Crippen LogP contribution in [-0.2, 0) is 23.8 Å². The number of aliphatic hydroxyl groups excluding tert-OH is 5. The molecule has 6 N–H and O–H groups in total. The van der Waals surface area contributed by atoms with Gasteiger partial charge in [-0.2, -0.15) is 0 Å². The molecule has 456 valence electrons. The van der Waals surface area contributed by atoms with Crippen LogP contribution in [0.5, 0.6) is 0 Å². The molecule has 8 atom stereocenters. The quantitative estimate of drug-likeness (QED) is 0.0195. The summed E-state index contributed by atoms with van der Waals surface area (Å²) in [6.45, 7) is 5.78. The molecular weight excluding hydrogens is 979 g/mol. The van der Waals surface area contributed by atoms with Gasteiger partial charge in [-0.05, 0) is 83.5 Å². The van der Waals surface area contributed by atoms with Crippen molar-refractivity contribution in [3.63, 3.8) is 0 Å². The zero-order valence-electron chi connectivity index (χ0n) is 50.5. The molecule has 0 spiro atoms. The normalized spacial score (nSPS) is 19.2. The predicted octanol–water partition coefficient (Wildman–Crippen LogP) is 16.0. The summed E-state index contributed by atoms with van der Waals surface area (Å²) in [6.07, 6.45) is 57.1. The van der Waals surface area contributed by atoms with Crippen molar-refractivity contribution in [1.82, 2.24) is 5.32 Å². The number of carbonyl (C=O) groups is 2. The Labute approximate surface area is 478 Å². The monoisotopic (exact) mass is 1100 g/mol. The van der Waals surface area contributed by atoms with Crippen molar-refractivity contribution in [1.29, 1.82) is 0 Å². The van der Waals surface area contributed by atoms with Gasteiger partial charge >= 0.3 is 5.97 Å². The lowest BCUT2D eigenvalue weighted by Crippen LogP contribution is -2.61. The summed E-state index contributed by atoms with van der Waals surface area (Å²) in [5.74, 6) is -1.19. The Hall–Kier alpha value is -2.38. The van der Waals surface area contributed by atoms with Crippen LogP contribution in [-0.4, -0.2) is 99.6 Å². The average molecular weight is 1100 g/mol. The fourth-order valence-electron chi connectivity index (χ4n) is 10.2. The van der Waals surface area contributed by atoms with E-state index in [1.807, 2.05) is 6.08 Å². The Bertz CT molecular complexity index is 1450. The van der Waals surface area contributed by atoms with E-state index in [2.05, 4.69) is 62.5 Å². The maximum absolute atomic E-state index is 13.4. The predicted molar refractivity (Wildman–Crippen MR) is 324 cm³/mol. The maximum Gasteiger partial charge on any atom is 0.306 e. The summed E-state index contributed by atoms with van der Waals surface area (Å²) in [4.78, 5) is 26.6. The fourth-order valence-corrected chi connectivity index (χ4v) is 10.2. The molecule has 78 heavy (non-hydrogen) atoms. The second-order valence-electron chi connectivity index (χ2n) is 22.8. The van der Waals surface area contributed by atoms with E-state index in [4.69, 9.17) is 14.2 Å². The fraction of sp³-hybridized carbons (Fsp3) is 0.851. The molecule has 1 aliphatic heterocycles. The van der Waals surface area contributed by atoms with Crippen molar-refractivity contribution in [3.8, 4) is 0 Å². The van der Waals surface area contributed by atoms with Crippen LogP contribution in [0.2, 0.25) is 0 Å². The van der Waals surface area contributed by atoms with Gasteiger partial charge in [-0.3, -0.25) is 9.59 Å². The van der Waals surface area contributed by atoms with E-state index in [0.29, 0.717) is 12.8 Å². The molecule has 1 rings (SSSR count). The Balaban J connectivity index is 2.64. The molecule has 0 aromatic rings. The molecule has 11 heteroatoms. The highest BCUT2D eigenvalue weighted by molar-refractivity contribution is 5.80. The average Bonchev–Trinajstić information content (AvgIpc) is 3.44. The van der Waals surface area contributed by atoms with Gasteiger partial charge in [0.05, 0.1) is 25.4 Å². The molecule has 1 saturated heterocycles. The number of esters is 1. The van der Waals surface area contributed by atoms with Crippen LogP contribution in [0.25, 0.3) is 0 Å². The van der Waals surface area contributed by atoms with Crippen LogP contribution in [0, 0.1) is 0 Å². The van der Waals surface area contributed by atoms with Gasteiger partial charge in [0.25, 0.3) is 0 Å². The molecule has 1 fully saturated rings. The summed E-state index contributed by atoms with van der Waals surface area (Å²) >= 11 is 0. The van der Waals surface area contributed by atoms with E-state index >= 15 is 0 Å². The molecule has 1 amide bonds. The third-order valence-corrected chi connectivity index (χ3v) is 15.5. The number of nitrogens with one attached hydrogen (secondary N) is 1. The second kappa shape index (κ2) is 55.2. The number of rotatable bonds is 56. The first-order valence-corrected chi connectivity index (χ1v) is 32.9. The van der Waals surface area contributed by atoms with Crippen LogP contribution in [0.4, 0.5) is 0 Å². The van der Waals surface area contributed by atoms with Crippen molar-refractivity contribution in [2.75, 3.05) is 13.2 Å². The molecule has 0 aliphatic carbocycles. The lowest BCUT2D eigenvalue weighted by atomic mass is 9.99. The zero-order chi connectivity index (χ0) is 56.8. The Morgan fingerprint density at radius 3 is 1.35 bits per heavy atom. The standard InChI is InChI=1S/C67H123NO10/c1-4-7-10-13-16-19-22-25-27-29-31-33-35-37-40-43-46-49-52-55-62(72)78-65-64(74)63(73)61(56-69)77-67(65)76-57-58(59(70)53-50-47-44-41-38-24-21-18-15-12-9-6-3)68-66(75)60(71)54-51-48-45-42-39-36-34-32-30-28-26-23-20-17-14-11-8-5-2/h17,20,25-28,50,53,58-61,63-65,67,69-71,73-74H,4-16,18-19,21-24,29-49,51-52,54-57H2,1-3H3,(H,68,75)/b20-17-,27-25+,28-26-,53-50+. The van der Waals surface area contributed by atoms with Crippen LogP contribution in [0.3, 0.4) is 0 Å². The number of carbonyl (C=O) groups excluding carboxylic acids is 2. The third-order valence-electron chi connectivity index (χ3n) is 15.5. The van der Waals surface area contributed by atoms with Gasteiger partial charge in [0, 0.05) is 6.42 Å². The van der Waals surface area contributed by atoms with Gasteiger partial charge in [0.1, 0.15) is 24.4 Å². The van der Waals surface area contributed by atoms with E-state index in [9.17, 15) is 35.1 Å². The highest BCUT2D eigenvalue weighted by Crippen LogP contribution is 2.26. The first kappa shape index (κ1) is 73.6. The number of hydrogen-bond acceptors (Lipinski definition) is 10. The van der Waals surface area contributed by atoms with Crippen LogP contribution in [0.15, 0.2) is 48.6 Å². The van der Waals surface area contributed by atoms with Crippen molar-refractivity contribution >= 4 is 11.9 Å². The number of ether oxygens (including phenoxy) is 3. The van der Waals surface area contributed by atoms with Gasteiger partial charge in [-0.15, -0.1) is 0 Å². The van der Waals surface area contributed by atoms with Crippen LogP contribution in [0.1, 0.15) is 303 Å². The van der Waals surface area contributed by atoms with E-state index in [1.54, 1.807) is 6.08 Å². The minimum Gasteiger partial charge on any atom is -0.454 e. The molecular formula is C67H123NO10. The van der Waals surface area contributed by atoms with E-state index in [0.717, 1.165) is 70.6 Å². The molecule has 1 aliphatic rings. The lowest BCUT2D eigenvalue weighted by Gasteiger charge is -2.41. The molecule has 1 heterocycles. The number of unbranched alkanes of at least 4 members (excludes halogenated alkanes) is 36. The molecule has 0 radical (unpaired) electrons. The first-order valence-electron chi connectivity index (χ1n) is 32.9. The Morgan fingerprint density at radius 1 is 0.500 bits per heavy atom. The number of allylic oxidation sites excluding steroid dienone is 7. The number of amides is 1. The first-order chi connectivity index (χ1) is 38.2. The molecule has 8 unspecified atom stereocenters. The van der Waals surface area contributed by atoms with Gasteiger partial charge in [-0.1, -0.05) is 262 Å². The smallest absolute Gasteiger partial charge is 0.306 e. The Kier molecular flexibility index (Phi) is 52.1. The topological polar surface area (TPSA) is 175 Å². The minimum absolute atomic E-state index is 0.122. The van der Waals surface area contributed by atoms with Crippen molar-refractivity contribution in [3.05, 3.63) is 48.6 Å². The summed E-state index contributed by atoms with van der Waals surface area (Å²) in [6, 6.07) is -1.03. The summed E-state index contributed by atoms with van der Waals surface area (Å²) < 4.78 is 17.7. The van der Waals surface area contributed by atoms with Crippen LogP contribution < -0.4 is 5.32 Å². The largest absolute Gasteiger partial charge is 0.454 e. The van der Waals surface area contributed by atoms with Crippen molar-refractivity contribution in [2.24, 2.45) is 0 Å². The summed E-state index contributed by atoms with van der Waals surface area (Å²) in [5, 5.41) is 57.1. The Morgan fingerprint density at radius 2 is 0.885 bits per heavy atom. The van der Waals surface area contributed by atoms with Gasteiger partial charge in [0.2, 0.25) is 5.91 Å². The zero-order valence-corrected chi connectivity index (χ0v) is 50.5. The molecule has 0 bridgehead atoms. The van der Waals surface area contributed by atoms with E-state index in [-0.39, 0.29) is 19.4 Å². The van der Waals surface area contributed by atoms with E-state index in [1.165, 1.54) is 186 Å². The summed E-state index contributed by atoms with van der Waals surface area (Å²) in [7, 11) is 0. The highest BCUT2D eigenvalue weighted by atomic mass is 16.7. The summed E-state index contributed by atoms with van der Waals surface area (Å²) in [5.41, 5.74) is 0. The minimum atomic E-state index is -1.61. The molecule has 0 aromatic heterocycles. The highest BCUT2D eigenvalue weighted by Gasteiger charge is 2.47. The van der Waals surface area contributed by atoms with Gasteiger partial charge in [-0.25, -0.2) is 0 Å². The van der Waals surface area contributed by atoms with Gasteiger partial charge < -0.3 is 45.1 Å². The molecule has 0 aromatic carbocycles. The van der Waals surface area contributed by atoms with E-state index < -0.39 is 67.4 Å². The second-order valence-corrected chi connectivity index (χ2v) is 22.8. The van der Waals surface area contributed by atoms with Gasteiger partial charge in [0.15, 0.2) is 12.4 Å². The number of hydrogen-bond donors (Lipinski definition) is 6. The van der Waals surface area contributed by atoms with Crippen molar-refractivity contribution in [2.45, 2.75) is 352 Å². The molecule has 0 saturated carbocycles. The molecule has 11 nitrogen and oxygen atoms in total. The maximum atomic E-state index is 13.4. The van der Waals surface area contributed by atoms with Crippen molar-refractivity contribution < 1.29 is 49.3 Å². The lowest BCUT2D eigenvalue weighted by molar-refractivity contribution is -0.305. The third kappa shape index (κ3) is 42.5.